The summed E-state index contributed by atoms with van der Waals surface area (Å²) in [6.07, 6.45) is -0.498. The molecule has 2 aromatic carbocycles. The van der Waals surface area contributed by atoms with Crippen LogP contribution in [-0.4, -0.2) is 104 Å². The normalized spacial score (nSPS) is 22.6. The zero-order chi connectivity index (χ0) is 37.0. The Morgan fingerprint density at radius 3 is 1.62 bits per heavy atom. The molecule has 1 aliphatic rings. The molecule has 1 fully saturated rings. The van der Waals surface area contributed by atoms with Crippen LogP contribution in [0.3, 0.4) is 0 Å². The average molecular weight is 705 g/mol. The largest absolute Gasteiger partial charge is 0.514 e. The summed E-state index contributed by atoms with van der Waals surface area (Å²) in [5.41, 5.74) is 1.32. The molecule has 0 amide bonds. The van der Waals surface area contributed by atoms with E-state index in [9.17, 15) is 25.2 Å². The SMILES string of the molecule is CC(O)COCC(COCC(C)O)(COCC(C)O)COCC(C)OC(=O)Oc1ccc(C2(c3ccc(O)cc3)CC(C)CC(C)(C)C2)cc1. The second-order valence-corrected chi connectivity index (χ2v) is 15.4. The average Bonchev–Trinajstić information content (AvgIpc) is 3.00. The molecule has 0 bridgehead atoms. The molecule has 282 valence electrons. The molecule has 0 saturated heterocycles. The van der Waals surface area contributed by atoms with E-state index in [0.717, 1.165) is 30.4 Å². The highest BCUT2D eigenvalue weighted by Gasteiger charge is 2.45. The minimum absolute atomic E-state index is 0.0438. The highest BCUT2D eigenvalue weighted by atomic mass is 16.7. The molecule has 0 spiro atoms. The van der Waals surface area contributed by atoms with Crippen molar-refractivity contribution < 1.29 is 53.6 Å². The molecule has 4 N–H and O–H groups in total. The Balaban J connectivity index is 1.63. The van der Waals surface area contributed by atoms with Gasteiger partial charge in [0.15, 0.2) is 0 Å². The van der Waals surface area contributed by atoms with Crippen molar-refractivity contribution in [3.8, 4) is 11.5 Å². The van der Waals surface area contributed by atoms with Gasteiger partial charge in [0.25, 0.3) is 0 Å². The quantitative estimate of drug-likeness (QED) is 0.100. The number of carbonyl (C=O) groups excluding carboxylic acids is 1. The predicted molar refractivity (Wildman–Crippen MR) is 189 cm³/mol. The number of benzene rings is 2. The number of phenolic OH excluding ortho intramolecular Hbond substituents is 1. The first-order valence-corrected chi connectivity index (χ1v) is 17.7. The molecule has 11 heteroatoms. The minimum atomic E-state index is -0.860. The Labute approximate surface area is 297 Å². The molecule has 1 aliphatic carbocycles. The summed E-state index contributed by atoms with van der Waals surface area (Å²) in [6, 6.07) is 15.1. The Bertz CT molecular complexity index is 1240. The summed E-state index contributed by atoms with van der Waals surface area (Å²) in [4.78, 5) is 12.8. The van der Waals surface area contributed by atoms with Crippen LogP contribution in [-0.2, 0) is 29.1 Å². The van der Waals surface area contributed by atoms with Crippen LogP contribution in [0.2, 0.25) is 0 Å². The van der Waals surface area contributed by atoms with Gasteiger partial charge >= 0.3 is 6.16 Å². The molecule has 0 heterocycles. The van der Waals surface area contributed by atoms with Gasteiger partial charge in [-0.2, -0.15) is 0 Å². The van der Waals surface area contributed by atoms with Crippen molar-refractivity contribution in [1.29, 1.82) is 0 Å². The lowest BCUT2D eigenvalue weighted by molar-refractivity contribution is -0.129. The molecule has 2 aromatic rings. The van der Waals surface area contributed by atoms with Crippen LogP contribution in [0, 0.1) is 16.7 Å². The van der Waals surface area contributed by atoms with E-state index >= 15 is 0 Å². The van der Waals surface area contributed by atoms with Gasteiger partial charge in [-0.15, -0.1) is 0 Å². The smallest absolute Gasteiger partial charge is 0.508 e. The van der Waals surface area contributed by atoms with Crippen LogP contribution in [0.4, 0.5) is 4.79 Å². The number of hydrogen-bond acceptors (Lipinski definition) is 11. The Morgan fingerprint density at radius 1 is 0.740 bits per heavy atom. The lowest BCUT2D eigenvalue weighted by Gasteiger charge is -2.48. The molecule has 6 atom stereocenters. The van der Waals surface area contributed by atoms with E-state index in [2.05, 4.69) is 20.8 Å². The second-order valence-electron chi connectivity index (χ2n) is 15.4. The van der Waals surface area contributed by atoms with Crippen molar-refractivity contribution >= 4 is 6.16 Å². The first-order chi connectivity index (χ1) is 23.5. The van der Waals surface area contributed by atoms with Gasteiger partial charge in [0.2, 0.25) is 0 Å². The molecule has 0 aliphatic heterocycles. The number of hydrogen-bond donors (Lipinski definition) is 4. The van der Waals surface area contributed by atoms with Crippen LogP contribution in [0.1, 0.15) is 78.9 Å². The maximum atomic E-state index is 12.8. The van der Waals surface area contributed by atoms with Crippen LogP contribution in [0.5, 0.6) is 11.5 Å². The fraction of sp³-hybridized carbons (Fsp3) is 0.667. The number of aliphatic hydroxyl groups is 3. The summed E-state index contributed by atoms with van der Waals surface area (Å²) in [5.74, 6) is 1.09. The summed E-state index contributed by atoms with van der Waals surface area (Å²) >= 11 is 0. The number of carbonyl (C=O) groups is 1. The fourth-order valence-corrected chi connectivity index (χ4v) is 7.15. The van der Waals surface area contributed by atoms with Gasteiger partial charge in [-0.25, -0.2) is 4.79 Å². The Hall–Kier alpha value is -2.77. The number of phenols is 1. The predicted octanol–water partition coefficient (Wildman–Crippen LogP) is 5.62. The molecule has 0 radical (unpaired) electrons. The van der Waals surface area contributed by atoms with Crippen LogP contribution in [0.15, 0.2) is 48.5 Å². The van der Waals surface area contributed by atoms with Gasteiger partial charge in [-0.3, -0.25) is 0 Å². The molecule has 1 saturated carbocycles. The summed E-state index contributed by atoms with van der Waals surface area (Å²) < 4.78 is 34.2. The zero-order valence-corrected chi connectivity index (χ0v) is 30.9. The second kappa shape index (κ2) is 19.2. The van der Waals surface area contributed by atoms with E-state index in [-0.39, 0.29) is 69.4 Å². The van der Waals surface area contributed by atoms with E-state index in [1.165, 1.54) is 0 Å². The highest BCUT2D eigenvalue weighted by molar-refractivity contribution is 5.64. The minimum Gasteiger partial charge on any atom is -0.508 e. The Morgan fingerprint density at radius 2 is 1.18 bits per heavy atom. The van der Waals surface area contributed by atoms with Gasteiger partial charge in [0.1, 0.15) is 17.6 Å². The van der Waals surface area contributed by atoms with Crippen molar-refractivity contribution in [2.75, 3.05) is 52.9 Å². The fourth-order valence-electron chi connectivity index (χ4n) is 7.15. The standard InChI is InChI=1S/C39H60O11/c1-27-16-37(6,7)22-39(17-27,32-8-12-34(43)13-9-32)33-10-14-35(15-11-33)50-36(44)49-31(5)21-48-26-38(23-45-18-28(2)40,24-46-19-29(3)41)25-47-20-30(4)42/h8-15,27-31,40-43H,16-26H2,1-7H3. The van der Waals surface area contributed by atoms with Crippen LogP contribution >= 0.6 is 0 Å². The highest BCUT2D eigenvalue weighted by Crippen LogP contribution is 2.53. The molecular formula is C39H60O11. The maximum absolute atomic E-state index is 12.8. The summed E-state index contributed by atoms with van der Waals surface area (Å²) in [5, 5.41) is 39.1. The Kier molecular flexibility index (Phi) is 16.0. The van der Waals surface area contributed by atoms with Crippen LogP contribution < -0.4 is 4.74 Å². The number of ether oxygens (including phenoxy) is 6. The number of aromatic hydroxyl groups is 1. The number of aliphatic hydroxyl groups excluding tert-OH is 3. The van der Waals surface area contributed by atoms with E-state index in [0.29, 0.717) is 11.7 Å². The van der Waals surface area contributed by atoms with E-state index < -0.39 is 36.0 Å². The first-order valence-electron chi connectivity index (χ1n) is 17.7. The summed E-state index contributed by atoms with van der Waals surface area (Å²) in [6.45, 7) is 14.2. The monoisotopic (exact) mass is 704 g/mol. The van der Waals surface area contributed by atoms with Gasteiger partial charge < -0.3 is 48.8 Å². The lowest BCUT2D eigenvalue weighted by atomic mass is 9.55. The van der Waals surface area contributed by atoms with Gasteiger partial charge in [0.05, 0.1) is 76.6 Å². The molecule has 3 rings (SSSR count). The summed E-state index contributed by atoms with van der Waals surface area (Å²) in [7, 11) is 0. The van der Waals surface area contributed by atoms with Crippen molar-refractivity contribution in [2.24, 2.45) is 16.7 Å². The lowest BCUT2D eigenvalue weighted by Crippen LogP contribution is -2.43. The third kappa shape index (κ3) is 13.4. The van der Waals surface area contributed by atoms with Gasteiger partial charge in [0, 0.05) is 5.41 Å². The molecule has 11 nitrogen and oxygen atoms in total. The maximum Gasteiger partial charge on any atom is 0.514 e. The third-order valence-corrected chi connectivity index (χ3v) is 8.77. The molecular weight excluding hydrogens is 644 g/mol. The van der Waals surface area contributed by atoms with Crippen LogP contribution in [0.25, 0.3) is 0 Å². The number of rotatable bonds is 20. The van der Waals surface area contributed by atoms with Crippen molar-refractivity contribution in [3.63, 3.8) is 0 Å². The van der Waals surface area contributed by atoms with Crippen molar-refractivity contribution in [1.82, 2.24) is 0 Å². The van der Waals surface area contributed by atoms with E-state index in [4.69, 9.17) is 28.4 Å². The third-order valence-electron chi connectivity index (χ3n) is 8.77. The van der Waals surface area contributed by atoms with Gasteiger partial charge in [-0.1, -0.05) is 45.0 Å². The molecule has 0 aromatic heterocycles. The molecule has 50 heavy (non-hydrogen) atoms. The van der Waals surface area contributed by atoms with E-state index in [1.807, 2.05) is 24.3 Å². The topological polar surface area (TPSA) is 153 Å². The zero-order valence-electron chi connectivity index (χ0n) is 30.9. The first kappa shape index (κ1) is 41.6. The van der Waals surface area contributed by atoms with Crippen molar-refractivity contribution in [2.45, 2.75) is 97.6 Å². The van der Waals surface area contributed by atoms with Crippen molar-refractivity contribution in [3.05, 3.63) is 59.7 Å². The molecule has 6 unspecified atom stereocenters. The van der Waals surface area contributed by atoms with Gasteiger partial charge in [-0.05, 0) is 93.7 Å². The van der Waals surface area contributed by atoms with E-state index in [1.54, 1.807) is 52.0 Å².